The van der Waals surface area contributed by atoms with Crippen molar-refractivity contribution in [3.8, 4) is 0 Å². The molecule has 0 spiro atoms. The smallest absolute Gasteiger partial charge is 0.326 e. The van der Waals surface area contributed by atoms with E-state index in [1.165, 1.54) is 4.90 Å². The fourth-order valence-electron chi connectivity index (χ4n) is 1.38. The minimum absolute atomic E-state index is 0.0145. The Hall–Kier alpha value is -1.34. The number of unbranched alkanes of at least 4 members (excludes halogenated alkanes) is 2. The van der Waals surface area contributed by atoms with Crippen LogP contribution in [0.1, 0.15) is 25.7 Å². The van der Waals surface area contributed by atoms with Crippen molar-refractivity contribution in [2.75, 3.05) is 26.8 Å². The number of aliphatic hydroxyl groups is 2. The number of hydrogen-bond acceptors (Lipinski definition) is 4. The number of hydrogen-bond donors (Lipinski definition) is 4. The normalized spacial score (nSPS) is 11.9. The monoisotopic (exact) mass is 262 g/mol. The van der Waals surface area contributed by atoms with Gasteiger partial charge in [-0.3, -0.25) is 0 Å². The van der Waals surface area contributed by atoms with Gasteiger partial charge < -0.3 is 25.5 Å². The molecule has 0 saturated heterocycles. The Morgan fingerprint density at radius 2 is 1.83 bits per heavy atom. The van der Waals surface area contributed by atoms with Gasteiger partial charge in [-0.15, -0.1) is 0 Å². The summed E-state index contributed by atoms with van der Waals surface area (Å²) >= 11 is 0. The van der Waals surface area contributed by atoms with Gasteiger partial charge in [0.1, 0.15) is 6.04 Å². The van der Waals surface area contributed by atoms with Gasteiger partial charge in [0, 0.05) is 33.2 Å². The van der Waals surface area contributed by atoms with E-state index >= 15 is 0 Å². The van der Waals surface area contributed by atoms with Crippen LogP contribution in [-0.4, -0.2) is 65.1 Å². The summed E-state index contributed by atoms with van der Waals surface area (Å²) in [6.07, 6.45) is 2.24. The molecular weight excluding hydrogens is 240 g/mol. The number of carboxylic acid groups (broad SMARTS) is 1. The van der Waals surface area contributed by atoms with Crippen molar-refractivity contribution < 1.29 is 24.9 Å². The second-order valence-electron chi connectivity index (χ2n) is 4.06. The molecule has 0 radical (unpaired) electrons. The van der Waals surface area contributed by atoms with Crippen LogP contribution >= 0.6 is 0 Å². The molecule has 0 aliphatic rings. The highest BCUT2D eigenvalue weighted by atomic mass is 16.4. The summed E-state index contributed by atoms with van der Waals surface area (Å²) in [5.41, 5.74) is 0. The van der Waals surface area contributed by atoms with E-state index in [-0.39, 0.29) is 19.6 Å². The molecule has 7 nitrogen and oxygen atoms in total. The molecule has 0 bridgehead atoms. The summed E-state index contributed by atoms with van der Waals surface area (Å²) in [4.78, 5) is 23.8. The standard InChI is InChI=1S/C11H22N2O5/c1-13(6-3-2-4-7-14)11(18)12-9(5-8-15)10(16)17/h9,14-15H,2-8H2,1H3,(H,12,18)(H,16,17)/t9-/m1/s1. The Kier molecular flexibility index (Phi) is 8.95. The molecule has 0 aliphatic carbocycles. The Balaban J connectivity index is 4.00. The summed E-state index contributed by atoms with van der Waals surface area (Å²) in [7, 11) is 1.58. The zero-order valence-electron chi connectivity index (χ0n) is 10.6. The van der Waals surface area contributed by atoms with E-state index in [2.05, 4.69) is 5.32 Å². The van der Waals surface area contributed by atoms with Gasteiger partial charge in [-0.05, 0) is 19.3 Å². The van der Waals surface area contributed by atoms with Crippen LogP contribution in [0.3, 0.4) is 0 Å². The highest BCUT2D eigenvalue weighted by molar-refractivity contribution is 5.82. The third-order valence-electron chi connectivity index (χ3n) is 2.51. The minimum atomic E-state index is -1.16. The maximum Gasteiger partial charge on any atom is 0.326 e. The van der Waals surface area contributed by atoms with Gasteiger partial charge in [0.25, 0.3) is 0 Å². The van der Waals surface area contributed by atoms with Gasteiger partial charge in [-0.2, -0.15) is 0 Å². The lowest BCUT2D eigenvalue weighted by Gasteiger charge is -2.21. The molecule has 1 atom stereocenters. The van der Waals surface area contributed by atoms with Gasteiger partial charge in [0.2, 0.25) is 0 Å². The van der Waals surface area contributed by atoms with Crippen LogP contribution in [0, 0.1) is 0 Å². The SMILES string of the molecule is CN(CCCCCO)C(=O)N[C@H](CCO)C(=O)O. The summed E-state index contributed by atoms with van der Waals surface area (Å²) in [6.45, 7) is 0.336. The molecule has 2 amide bonds. The molecule has 0 aromatic carbocycles. The van der Waals surface area contributed by atoms with Crippen LogP contribution in [0.2, 0.25) is 0 Å². The van der Waals surface area contributed by atoms with Crippen LogP contribution in [0.5, 0.6) is 0 Å². The lowest BCUT2D eigenvalue weighted by molar-refractivity contribution is -0.139. The van der Waals surface area contributed by atoms with E-state index in [0.717, 1.165) is 12.8 Å². The molecule has 0 aromatic heterocycles. The Morgan fingerprint density at radius 3 is 2.33 bits per heavy atom. The Morgan fingerprint density at radius 1 is 1.17 bits per heavy atom. The Bertz CT molecular complexity index is 260. The quantitative estimate of drug-likeness (QED) is 0.424. The fourth-order valence-corrected chi connectivity index (χ4v) is 1.38. The number of aliphatic carboxylic acids is 1. The molecule has 0 rings (SSSR count). The predicted octanol–water partition coefficient (Wildman–Crippen LogP) is -0.374. The van der Waals surface area contributed by atoms with Gasteiger partial charge >= 0.3 is 12.0 Å². The number of nitrogens with one attached hydrogen (secondary N) is 1. The number of carbonyl (C=O) groups is 2. The first-order valence-electron chi connectivity index (χ1n) is 5.99. The first kappa shape index (κ1) is 16.7. The maximum absolute atomic E-state index is 11.6. The van der Waals surface area contributed by atoms with Crippen molar-refractivity contribution in [2.24, 2.45) is 0 Å². The predicted molar refractivity (Wildman–Crippen MR) is 65.2 cm³/mol. The zero-order chi connectivity index (χ0) is 14.0. The number of urea groups is 1. The average Bonchev–Trinajstić information content (AvgIpc) is 2.33. The van der Waals surface area contributed by atoms with Gasteiger partial charge in [-0.25, -0.2) is 9.59 Å². The molecular formula is C11H22N2O5. The van der Waals surface area contributed by atoms with Crippen molar-refractivity contribution in [3.05, 3.63) is 0 Å². The second-order valence-corrected chi connectivity index (χ2v) is 4.06. The molecule has 0 heterocycles. The molecule has 0 saturated carbocycles. The molecule has 4 N–H and O–H groups in total. The number of nitrogens with zero attached hydrogens (tertiary/aromatic N) is 1. The van der Waals surface area contributed by atoms with Crippen molar-refractivity contribution in [3.63, 3.8) is 0 Å². The minimum Gasteiger partial charge on any atom is -0.480 e. The molecule has 0 fully saturated rings. The number of carbonyl (C=O) groups excluding carboxylic acids is 1. The average molecular weight is 262 g/mol. The molecule has 0 unspecified atom stereocenters. The van der Waals surface area contributed by atoms with Crippen molar-refractivity contribution in [1.29, 1.82) is 0 Å². The number of carboxylic acids is 1. The lowest BCUT2D eigenvalue weighted by atomic mass is 10.2. The third-order valence-corrected chi connectivity index (χ3v) is 2.51. The molecule has 18 heavy (non-hydrogen) atoms. The number of aliphatic hydroxyl groups excluding tert-OH is 2. The van der Waals surface area contributed by atoms with Gasteiger partial charge in [-0.1, -0.05) is 0 Å². The van der Waals surface area contributed by atoms with E-state index in [1.807, 2.05) is 0 Å². The highest BCUT2D eigenvalue weighted by Gasteiger charge is 2.20. The van der Waals surface area contributed by atoms with E-state index in [9.17, 15) is 9.59 Å². The van der Waals surface area contributed by atoms with Gasteiger partial charge in [0.15, 0.2) is 0 Å². The first-order valence-corrected chi connectivity index (χ1v) is 5.99. The topological polar surface area (TPSA) is 110 Å². The molecule has 0 aromatic rings. The van der Waals surface area contributed by atoms with Crippen LogP contribution in [0.25, 0.3) is 0 Å². The maximum atomic E-state index is 11.6. The largest absolute Gasteiger partial charge is 0.480 e. The third kappa shape index (κ3) is 7.08. The highest BCUT2D eigenvalue weighted by Crippen LogP contribution is 1.99. The Labute approximate surface area is 106 Å². The van der Waals surface area contributed by atoms with Crippen molar-refractivity contribution in [2.45, 2.75) is 31.7 Å². The van der Waals surface area contributed by atoms with Gasteiger partial charge in [0.05, 0.1) is 0 Å². The fraction of sp³-hybridized carbons (Fsp3) is 0.818. The summed E-state index contributed by atoms with van der Waals surface area (Å²) in [6, 6.07) is -1.54. The first-order chi connectivity index (χ1) is 8.52. The second kappa shape index (κ2) is 9.67. The number of rotatable bonds is 9. The van der Waals surface area contributed by atoms with Crippen LogP contribution < -0.4 is 5.32 Å². The summed E-state index contributed by atoms with van der Waals surface area (Å²) in [5, 5.41) is 28.4. The van der Waals surface area contributed by atoms with E-state index in [0.29, 0.717) is 13.0 Å². The molecule has 106 valence electrons. The van der Waals surface area contributed by atoms with E-state index < -0.39 is 18.0 Å². The summed E-state index contributed by atoms with van der Waals surface area (Å²) in [5.74, 6) is -1.16. The van der Waals surface area contributed by atoms with Crippen LogP contribution in [-0.2, 0) is 4.79 Å². The van der Waals surface area contributed by atoms with Crippen molar-refractivity contribution in [1.82, 2.24) is 10.2 Å². The van der Waals surface area contributed by atoms with E-state index in [4.69, 9.17) is 15.3 Å². The lowest BCUT2D eigenvalue weighted by Crippen LogP contribution is -2.47. The zero-order valence-corrected chi connectivity index (χ0v) is 10.6. The molecule has 0 aliphatic heterocycles. The van der Waals surface area contributed by atoms with Crippen molar-refractivity contribution >= 4 is 12.0 Å². The van der Waals surface area contributed by atoms with E-state index in [1.54, 1.807) is 7.05 Å². The van der Waals surface area contributed by atoms with Crippen LogP contribution in [0.4, 0.5) is 4.79 Å². The summed E-state index contributed by atoms with van der Waals surface area (Å²) < 4.78 is 0. The number of amides is 2. The van der Waals surface area contributed by atoms with Crippen LogP contribution in [0.15, 0.2) is 0 Å². The molecule has 7 heteroatoms.